The van der Waals surface area contributed by atoms with Crippen LogP contribution in [0.4, 0.5) is 13.2 Å². The minimum Gasteiger partial charge on any atom is -0.406 e. The zero-order chi connectivity index (χ0) is 13.9. The molecule has 0 fully saturated rings. The number of terminal acetylenes is 1. The Kier molecular flexibility index (Phi) is 3.43. The molecule has 0 bridgehead atoms. The fraction of sp³-hybridized carbons (Fsp3) is 0.0714. The molecule has 0 radical (unpaired) electrons. The van der Waals surface area contributed by atoms with Gasteiger partial charge in [-0.3, -0.25) is 0 Å². The van der Waals surface area contributed by atoms with Crippen molar-refractivity contribution in [3.05, 3.63) is 48.2 Å². The van der Waals surface area contributed by atoms with Gasteiger partial charge < -0.3 is 4.74 Å². The normalized spacial score (nSPS) is 10.8. The summed E-state index contributed by atoms with van der Waals surface area (Å²) < 4.78 is 39.8. The van der Waals surface area contributed by atoms with E-state index in [1.54, 1.807) is 18.2 Å². The van der Waals surface area contributed by atoms with Gasteiger partial charge in [-0.25, -0.2) is 4.98 Å². The topological polar surface area (TPSA) is 22.1 Å². The van der Waals surface area contributed by atoms with Gasteiger partial charge in [-0.15, -0.1) is 19.6 Å². The van der Waals surface area contributed by atoms with Crippen molar-refractivity contribution in [2.75, 3.05) is 0 Å². The summed E-state index contributed by atoms with van der Waals surface area (Å²) in [5.41, 5.74) is 1.72. The Labute approximate surface area is 107 Å². The first-order chi connectivity index (χ1) is 8.98. The molecule has 5 heteroatoms. The Balaban J connectivity index is 2.25. The van der Waals surface area contributed by atoms with Crippen molar-refractivity contribution in [1.82, 2.24) is 4.98 Å². The molecule has 0 amide bonds. The summed E-state index contributed by atoms with van der Waals surface area (Å²) in [5.74, 6) is 2.12. The summed E-state index contributed by atoms with van der Waals surface area (Å²) in [6.07, 6.45) is 0.541. The van der Waals surface area contributed by atoms with Gasteiger partial charge in [-0.2, -0.15) is 0 Å². The molecule has 0 N–H and O–H groups in total. The fourth-order valence-corrected chi connectivity index (χ4v) is 1.50. The molecule has 1 aromatic heterocycles. The molecular formula is C14H8F3NO. The number of hydrogen-bond acceptors (Lipinski definition) is 2. The molecule has 0 unspecified atom stereocenters. The number of ether oxygens (including phenoxy) is 1. The number of nitrogens with zero attached hydrogens (tertiary/aromatic N) is 1. The second-order valence-corrected chi connectivity index (χ2v) is 3.62. The maximum absolute atomic E-state index is 12.0. The molecule has 0 spiro atoms. The third kappa shape index (κ3) is 3.49. The molecule has 1 aromatic carbocycles. The molecule has 2 rings (SSSR count). The number of pyridine rings is 1. The van der Waals surface area contributed by atoms with Crippen LogP contribution in [0.15, 0.2) is 42.5 Å². The first kappa shape index (κ1) is 13.0. The predicted octanol–water partition coefficient (Wildman–Crippen LogP) is 3.63. The van der Waals surface area contributed by atoms with Crippen molar-refractivity contribution in [2.24, 2.45) is 0 Å². The van der Waals surface area contributed by atoms with E-state index < -0.39 is 6.36 Å². The summed E-state index contributed by atoms with van der Waals surface area (Å²) >= 11 is 0. The summed E-state index contributed by atoms with van der Waals surface area (Å²) in [4.78, 5) is 4.17. The molecule has 0 saturated carbocycles. The number of benzene rings is 1. The van der Waals surface area contributed by atoms with Gasteiger partial charge in [0.15, 0.2) is 0 Å². The number of rotatable bonds is 2. The smallest absolute Gasteiger partial charge is 0.406 e. The molecule has 2 nitrogen and oxygen atoms in total. The van der Waals surface area contributed by atoms with Gasteiger partial charge in [0, 0.05) is 5.56 Å². The highest BCUT2D eigenvalue weighted by atomic mass is 19.4. The Morgan fingerprint density at radius 2 is 1.74 bits per heavy atom. The molecule has 0 aliphatic carbocycles. The van der Waals surface area contributed by atoms with E-state index >= 15 is 0 Å². The zero-order valence-corrected chi connectivity index (χ0v) is 9.61. The minimum absolute atomic E-state index is 0.274. The van der Waals surface area contributed by atoms with E-state index in [-0.39, 0.29) is 5.75 Å². The van der Waals surface area contributed by atoms with Crippen molar-refractivity contribution in [3.8, 4) is 29.4 Å². The average Bonchev–Trinajstić information content (AvgIpc) is 2.38. The maximum atomic E-state index is 12.0. The Hall–Kier alpha value is -2.48. The van der Waals surface area contributed by atoms with Gasteiger partial charge in [-0.1, -0.05) is 12.0 Å². The summed E-state index contributed by atoms with van der Waals surface area (Å²) in [7, 11) is 0. The van der Waals surface area contributed by atoms with Gasteiger partial charge in [0.25, 0.3) is 0 Å². The van der Waals surface area contributed by atoms with Crippen LogP contribution in [0.3, 0.4) is 0 Å². The largest absolute Gasteiger partial charge is 0.573 e. The van der Waals surface area contributed by atoms with Crippen LogP contribution in [0.2, 0.25) is 0 Å². The van der Waals surface area contributed by atoms with Crippen molar-refractivity contribution in [1.29, 1.82) is 0 Å². The van der Waals surface area contributed by atoms with Crippen molar-refractivity contribution < 1.29 is 17.9 Å². The lowest BCUT2D eigenvalue weighted by Crippen LogP contribution is -2.16. The van der Waals surface area contributed by atoms with E-state index in [1.807, 2.05) is 0 Å². The average molecular weight is 263 g/mol. The summed E-state index contributed by atoms with van der Waals surface area (Å²) in [5, 5.41) is 0. The lowest BCUT2D eigenvalue weighted by atomic mass is 10.1. The SMILES string of the molecule is C#Cc1cccc(-c2ccc(OC(F)(F)F)cc2)n1. The lowest BCUT2D eigenvalue weighted by Gasteiger charge is -2.09. The van der Waals surface area contributed by atoms with Gasteiger partial charge >= 0.3 is 6.36 Å². The minimum atomic E-state index is -4.69. The van der Waals surface area contributed by atoms with Gasteiger partial charge in [0.2, 0.25) is 0 Å². The highest BCUT2D eigenvalue weighted by molar-refractivity contribution is 5.60. The Morgan fingerprint density at radius 3 is 2.32 bits per heavy atom. The van der Waals surface area contributed by atoms with Crippen LogP contribution in [0, 0.1) is 12.3 Å². The van der Waals surface area contributed by atoms with Crippen molar-refractivity contribution >= 4 is 0 Å². The molecular weight excluding hydrogens is 255 g/mol. The summed E-state index contributed by atoms with van der Waals surface area (Å²) in [6, 6.07) is 10.6. The van der Waals surface area contributed by atoms with Crippen molar-refractivity contribution in [2.45, 2.75) is 6.36 Å². The second kappa shape index (κ2) is 5.02. The predicted molar refractivity (Wildman–Crippen MR) is 64.3 cm³/mol. The molecule has 0 saturated heterocycles. The summed E-state index contributed by atoms with van der Waals surface area (Å²) in [6.45, 7) is 0. The fourth-order valence-electron chi connectivity index (χ4n) is 1.50. The van der Waals surface area contributed by atoms with Gasteiger partial charge in [0.05, 0.1) is 5.69 Å². The molecule has 0 aliphatic rings. The molecule has 1 heterocycles. The maximum Gasteiger partial charge on any atom is 0.573 e. The standard InChI is InChI=1S/C14H8F3NO/c1-2-11-4-3-5-13(18-11)10-6-8-12(9-7-10)19-14(15,16)17/h1,3-9H. The van der Waals surface area contributed by atoms with E-state index in [2.05, 4.69) is 15.6 Å². The highest BCUT2D eigenvalue weighted by Crippen LogP contribution is 2.25. The zero-order valence-electron chi connectivity index (χ0n) is 9.61. The molecule has 0 atom stereocenters. The van der Waals surface area contributed by atoms with Crippen LogP contribution in [0.5, 0.6) is 5.75 Å². The highest BCUT2D eigenvalue weighted by Gasteiger charge is 2.30. The third-order valence-corrected chi connectivity index (χ3v) is 2.28. The molecule has 0 aliphatic heterocycles. The molecule has 19 heavy (non-hydrogen) atoms. The van der Waals surface area contributed by atoms with E-state index in [0.717, 1.165) is 0 Å². The first-order valence-electron chi connectivity index (χ1n) is 5.28. The lowest BCUT2D eigenvalue weighted by molar-refractivity contribution is -0.274. The number of halogens is 3. The van der Waals surface area contributed by atoms with E-state index in [9.17, 15) is 13.2 Å². The van der Waals surface area contributed by atoms with E-state index in [1.165, 1.54) is 24.3 Å². The molecule has 2 aromatic rings. The number of aromatic nitrogens is 1. The van der Waals surface area contributed by atoms with E-state index in [0.29, 0.717) is 17.0 Å². The van der Waals surface area contributed by atoms with Gasteiger partial charge in [-0.05, 0) is 36.4 Å². The van der Waals surface area contributed by atoms with Crippen LogP contribution in [-0.2, 0) is 0 Å². The third-order valence-electron chi connectivity index (χ3n) is 2.28. The van der Waals surface area contributed by atoms with Crippen LogP contribution in [0.25, 0.3) is 11.3 Å². The second-order valence-electron chi connectivity index (χ2n) is 3.62. The first-order valence-corrected chi connectivity index (χ1v) is 5.28. The number of alkyl halides is 3. The quantitative estimate of drug-likeness (QED) is 0.772. The van der Waals surface area contributed by atoms with Crippen LogP contribution in [0.1, 0.15) is 5.69 Å². The van der Waals surface area contributed by atoms with E-state index in [4.69, 9.17) is 6.42 Å². The monoisotopic (exact) mass is 263 g/mol. The van der Waals surface area contributed by atoms with Crippen molar-refractivity contribution in [3.63, 3.8) is 0 Å². The van der Waals surface area contributed by atoms with Crippen LogP contribution < -0.4 is 4.74 Å². The Bertz CT molecular complexity index is 612. The van der Waals surface area contributed by atoms with Crippen LogP contribution >= 0.6 is 0 Å². The molecule has 96 valence electrons. The number of hydrogen-bond donors (Lipinski definition) is 0. The Morgan fingerprint density at radius 1 is 1.05 bits per heavy atom. The van der Waals surface area contributed by atoms with Crippen LogP contribution in [-0.4, -0.2) is 11.3 Å². The van der Waals surface area contributed by atoms with Gasteiger partial charge in [0.1, 0.15) is 11.4 Å².